The molecule has 0 unspecified atom stereocenters. The summed E-state index contributed by atoms with van der Waals surface area (Å²) in [6.45, 7) is 0.858. The number of unbranched alkanes of at least 4 members (excludes halogenated alkanes) is 1. The van der Waals surface area contributed by atoms with Crippen LogP contribution in [-0.4, -0.2) is 27.3 Å². The Kier molecular flexibility index (Phi) is 5.29. The fourth-order valence-corrected chi connectivity index (χ4v) is 6.20. The Hall–Kier alpha value is -2.31. The van der Waals surface area contributed by atoms with Crippen LogP contribution in [0, 0.1) is 0 Å². The molecule has 2 aromatic heterocycles. The Morgan fingerprint density at radius 2 is 1.69 bits per heavy atom. The summed E-state index contributed by atoms with van der Waals surface area (Å²) in [6, 6.07) is 16.7. The first-order valence-corrected chi connectivity index (χ1v) is 11.9. The van der Waals surface area contributed by atoms with Crippen molar-refractivity contribution in [1.29, 1.82) is 0 Å². The molecule has 0 aliphatic carbocycles. The number of aromatic nitrogens is 2. The lowest BCUT2D eigenvalue weighted by atomic mass is 10.1. The number of para-hydroxylation sites is 2. The summed E-state index contributed by atoms with van der Waals surface area (Å²) >= 11 is 3.50. The van der Waals surface area contributed by atoms with Crippen LogP contribution in [-0.2, 0) is 11.2 Å². The summed E-state index contributed by atoms with van der Waals surface area (Å²) in [6.07, 6.45) is 5.58. The summed E-state index contributed by atoms with van der Waals surface area (Å²) in [5, 5.41) is 2.26. The Morgan fingerprint density at radius 1 is 0.966 bits per heavy atom. The van der Waals surface area contributed by atoms with Crippen LogP contribution in [0.15, 0.2) is 48.5 Å². The van der Waals surface area contributed by atoms with E-state index in [0.29, 0.717) is 6.42 Å². The van der Waals surface area contributed by atoms with Gasteiger partial charge in [0.05, 0.1) is 31.5 Å². The topological polar surface area (TPSA) is 46.1 Å². The predicted molar refractivity (Wildman–Crippen MR) is 120 cm³/mol. The zero-order valence-electron chi connectivity index (χ0n) is 16.2. The number of likely N-dealkylation sites (tertiary alicyclic amines) is 1. The Morgan fingerprint density at radius 3 is 2.45 bits per heavy atom. The molecule has 0 spiro atoms. The Balaban J connectivity index is 1.17. The molecular weight excluding hydrogens is 398 g/mol. The van der Waals surface area contributed by atoms with E-state index in [2.05, 4.69) is 35.2 Å². The molecule has 1 saturated heterocycles. The third kappa shape index (κ3) is 3.91. The van der Waals surface area contributed by atoms with Gasteiger partial charge in [-0.1, -0.05) is 24.3 Å². The van der Waals surface area contributed by atoms with Crippen molar-refractivity contribution < 1.29 is 4.79 Å². The zero-order valence-corrected chi connectivity index (χ0v) is 17.8. The highest BCUT2D eigenvalue weighted by molar-refractivity contribution is 7.18. The number of benzene rings is 2. The number of hydrogen-bond donors (Lipinski definition) is 0. The number of aryl methyl sites for hydroxylation is 1. The van der Waals surface area contributed by atoms with E-state index in [-0.39, 0.29) is 11.9 Å². The minimum Gasteiger partial charge on any atom is -0.333 e. The van der Waals surface area contributed by atoms with Crippen molar-refractivity contribution in [2.75, 3.05) is 6.54 Å². The van der Waals surface area contributed by atoms with Crippen molar-refractivity contribution in [3.63, 3.8) is 0 Å². The lowest BCUT2D eigenvalue weighted by molar-refractivity contribution is -0.132. The molecule has 0 bridgehead atoms. The highest BCUT2D eigenvalue weighted by atomic mass is 32.1. The molecule has 1 aliphatic rings. The van der Waals surface area contributed by atoms with Gasteiger partial charge in [-0.05, 0) is 56.4 Å². The van der Waals surface area contributed by atoms with Crippen LogP contribution >= 0.6 is 22.7 Å². The molecule has 1 atom stereocenters. The lowest BCUT2D eigenvalue weighted by Gasteiger charge is -2.23. The zero-order chi connectivity index (χ0) is 19.6. The number of thiazole rings is 2. The third-order valence-corrected chi connectivity index (χ3v) is 7.77. The van der Waals surface area contributed by atoms with Gasteiger partial charge in [0.25, 0.3) is 0 Å². The van der Waals surface area contributed by atoms with Crippen LogP contribution in [0.25, 0.3) is 20.4 Å². The van der Waals surface area contributed by atoms with Crippen LogP contribution in [0.3, 0.4) is 0 Å². The van der Waals surface area contributed by atoms with Gasteiger partial charge in [0, 0.05) is 13.0 Å². The molecule has 1 amide bonds. The van der Waals surface area contributed by atoms with Crippen LogP contribution in [0.2, 0.25) is 0 Å². The van der Waals surface area contributed by atoms with E-state index >= 15 is 0 Å². The molecule has 5 rings (SSSR count). The summed E-state index contributed by atoms with van der Waals surface area (Å²) in [5.74, 6) is 0.274. The van der Waals surface area contributed by atoms with Gasteiger partial charge in [0.2, 0.25) is 5.91 Å². The minimum absolute atomic E-state index is 0.157. The van der Waals surface area contributed by atoms with Crippen LogP contribution in [0.4, 0.5) is 0 Å². The van der Waals surface area contributed by atoms with E-state index < -0.39 is 0 Å². The van der Waals surface area contributed by atoms with Crippen LogP contribution in [0.1, 0.15) is 48.2 Å². The maximum Gasteiger partial charge on any atom is 0.223 e. The first-order chi connectivity index (χ1) is 14.3. The molecule has 6 heteroatoms. The largest absolute Gasteiger partial charge is 0.333 e. The number of fused-ring (bicyclic) bond motifs is 2. The average molecular weight is 422 g/mol. The molecule has 0 saturated carbocycles. The van der Waals surface area contributed by atoms with E-state index in [0.717, 1.165) is 54.7 Å². The monoisotopic (exact) mass is 421 g/mol. The molecule has 2 aromatic carbocycles. The van der Waals surface area contributed by atoms with Crippen molar-refractivity contribution >= 4 is 49.0 Å². The summed E-state index contributed by atoms with van der Waals surface area (Å²) < 4.78 is 2.45. The number of rotatable bonds is 6. The van der Waals surface area contributed by atoms with Gasteiger partial charge in [-0.3, -0.25) is 4.79 Å². The quantitative estimate of drug-likeness (QED) is 0.360. The van der Waals surface area contributed by atoms with Gasteiger partial charge < -0.3 is 4.90 Å². The van der Waals surface area contributed by atoms with Crippen molar-refractivity contribution in [3.8, 4) is 0 Å². The molecule has 29 heavy (non-hydrogen) atoms. The molecular formula is C23H23N3OS2. The lowest BCUT2D eigenvalue weighted by Crippen LogP contribution is -2.30. The van der Waals surface area contributed by atoms with Crippen molar-refractivity contribution in [2.24, 2.45) is 0 Å². The van der Waals surface area contributed by atoms with Gasteiger partial charge in [0.15, 0.2) is 0 Å². The first-order valence-electron chi connectivity index (χ1n) is 10.3. The summed E-state index contributed by atoms with van der Waals surface area (Å²) in [4.78, 5) is 24.4. The summed E-state index contributed by atoms with van der Waals surface area (Å²) in [5.41, 5.74) is 2.13. The third-order valence-electron chi connectivity index (χ3n) is 5.54. The fourth-order valence-electron chi connectivity index (χ4n) is 4.08. The van der Waals surface area contributed by atoms with Gasteiger partial charge >= 0.3 is 0 Å². The van der Waals surface area contributed by atoms with Crippen LogP contribution in [0.5, 0.6) is 0 Å². The van der Waals surface area contributed by atoms with E-state index in [1.54, 1.807) is 22.7 Å². The molecule has 3 heterocycles. The molecule has 4 aromatic rings. The van der Waals surface area contributed by atoms with E-state index in [1.165, 1.54) is 14.4 Å². The number of nitrogens with zero attached hydrogens (tertiary/aromatic N) is 3. The number of amides is 1. The van der Waals surface area contributed by atoms with E-state index in [4.69, 9.17) is 9.97 Å². The number of carbonyl (C=O) groups is 1. The smallest absolute Gasteiger partial charge is 0.223 e. The van der Waals surface area contributed by atoms with Gasteiger partial charge in [-0.25, -0.2) is 9.97 Å². The predicted octanol–water partition coefficient (Wildman–Crippen LogP) is 5.98. The highest BCUT2D eigenvalue weighted by Crippen LogP contribution is 2.37. The standard InChI is InChI=1S/C23H23N3OS2/c27-22(14-6-5-13-21-24-16-8-1-3-11-19(16)28-21)26-15-7-10-18(26)23-25-17-9-2-4-12-20(17)29-23/h1-4,8-9,11-12,18H,5-7,10,13-15H2/t18-/m1/s1. The van der Waals surface area contributed by atoms with E-state index in [9.17, 15) is 4.79 Å². The Labute approximate surface area is 178 Å². The second-order valence-corrected chi connectivity index (χ2v) is 9.72. The maximum absolute atomic E-state index is 12.9. The van der Waals surface area contributed by atoms with Crippen molar-refractivity contribution in [2.45, 2.75) is 44.6 Å². The van der Waals surface area contributed by atoms with Gasteiger partial charge in [-0.2, -0.15) is 0 Å². The molecule has 4 nitrogen and oxygen atoms in total. The molecule has 0 N–H and O–H groups in total. The molecule has 1 aliphatic heterocycles. The second kappa shape index (κ2) is 8.20. The van der Waals surface area contributed by atoms with E-state index in [1.807, 2.05) is 18.2 Å². The van der Waals surface area contributed by atoms with Crippen LogP contribution < -0.4 is 0 Å². The van der Waals surface area contributed by atoms with Gasteiger partial charge in [0.1, 0.15) is 5.01 Å². The fraction of sp³-hybridized carbons (Fsp3) is 0.348. The maximum atomic E-state index is 12.9. The van der Waals surface area contributed by atoms with Gasteiger partial charge in [-0.15, -0.1) is 22.7 Å². The Bertz CT molecular complexity index is 1080. The number of carbonyl (C=O) groups excluding carboxylic acids is 1. The minimum atomic E-state index is 0.157. The molecule has 1 fully saturated rings. The summed E-state index contributed by atoms with van der Waals surface area (Å²) in [7, 11) is 0. The van der Waals surface area contributed by atoms with Crippen molar-refractivity contribution in [1.82, 2.24) is 14.9 Å². The molecule has 0 radical (unpaired) electrons. The molecule has 148 valence electrons. The first kappa shape index (κ1) is 18.7. The van der Waals surface area contributed by atoms with Crippen molar-refractivity contribution in [3.05, 3.63) is 58.5 Å². The second-order valence-electron chi connectivity index (χ2n) is 7.55. The normalized spacial score (nSPS) is 16.8. The number of hydrogen-bond acceptors (Lipinski definition) is 5. The SMILES string of the molecule is O=C(CCCCc1nc2ccccc2s1)N1CCC[C@@H]1c1nc2ccccc2s1. The highest BCUT2D eigenvalue weighted by Gasteiger charge is 2.31. The average Bonchev–Trinajstić information content (AvgIpc) is 3.47.